The first-order valence-electron chi connectivity index (χ1n) is 18.6. The maximum atomic E-state index is 11.8. The van der Waals surface area contributed by atoms with Crippen LogP contribution in [0.15, 0.2) is 121 Å². The number of hydrogen-bond acceptors (Lipinski definition) is 4. The van der Waals surface area contributed by atoms with Gasteiger partial charge in [-0.3, -0.25) is 9.55 Å². The number of hydrogen-bond donors (Lipinski definition) is 1. The predicted molar refractivity (Wildman–Crippen MR) is 223 cm³/mol. The second-order valence-electron chi connectivity index (χ2n) is 17.4. The first-order valence-corrected chi connectivity index (χ1v) is 18.6. The van der Waals surface area contributed by atoms with Crippen LogP contribution in [0, 0.1) is 11.3 Å². The molecular formula is C49H48N4O. The molecule has 5 nitrogen and oxygen atoms in total. The SMILES string of the molecule is CC(C)(C)c1cc(-c2cc(-c3ccc(C#N)cn3)cc(-c3cccc4c3nc(-c3cccc(C(C)(C)C)c3O)n4-c3ccccc3)c2)cc(C(C)(C)C)c1. The van der Waals surface area contributed by atoms with Gasteiger partial charge in [0.1, 0.15) is 17.6 Å². The molecular weight excluding hydrogens is 661 g/mol. The van der Waals surface area contributed by atoms with Crippen molar-refractivity contribution in [3.63, 3.8) is 0 Å². The number of pyridine rings is 1. The van der Waals surface area contributed by atoms with Crippen LogP contribution in [0.4, 0.5) is 0 Å². The Hall–Kier alpha value is -5.99. The molecule has 0 bridgehead atoms. The van der Waals surface area contributed by atoms with E-state index in [9.17, 15) is 10.4 Å². The number of aromatic nitrogens is 3. The molecule has 7 aromatic rings. The highest BCUT2D eigenvalue weighted by Crippen LogP contribution is 2.43. The normalized spacial score (nSPS) is 12.2. The van der Waals surface area contributed by atoms with Crippen molar-refractivity contribution >= 4 is 11.0 Å². The summed E-state index contributed by atoms with van der Waals surface area (Å²) in [4.78, 5) is 10.1. The highest BCUT2D eigenvalue weighted by molar-refractivity contribution is 5.97. The first-order chi connectivity index (χ1) is 25.5. The zero-order chi connectivity index (χ0) is 38.6. The van der Waals surface area contributed by atoms with Crippen LogP contribution in [0.3, 0.4) is 0 Å². The third kappa shape index (κ3) is 6.93. The van der Waals surface area contributed by atoms with Gasteiger partial charge in [-0.05, 0) is 104 Å². The third-order valence-electron chi connectivity index (χ3n) is 10.2. The summed E-state index contributed by atoms with van der Waals surface area (Å²) in [5.41, 5.74) is 12.9. The van der Waals surface area contributed by atoms with E-state index in [0.29, 0.717) is 17.0 Å². The molecule has 0 atom stereocenters. The number of imidazole rings is 1. The van der Waals surface area contributed by atoms with Crippen molar-refractivity contribution in [1.82, 2.24) is 14.5 Å². The number of aromatic hydroxyl groups is 1. The lowest BCUT2D eigenvalue weighted by atomic mass is 9.78. The molecule has 0 aliphatic rings. The Kier molecular flexibility index (Phi) is 9.06. The number of phenols is 1. The molecule has 5 heteroatoms. The summed E-state index contributed by atoms with van der Waals surface area (Å²) in [6.45, 7) is 19.9. The Bertz CT molecular complexity index is 2520. The van der Waals surface area contributed by atoms with E-state index in [2.05, 4.69) is 140 Å². The molecule has 2 aromatic heterocycles. The molecule has 2 heterocycles. The van der Waals surface area contributed by atoms with Gasteiger partial charge in [0.2, 0.25) is 0 Å². The lowest BCUT2D eigenvalue weighted by Gasteiger charge is -2.26. The van der Waals surface area contributed by atoms with Gasteiger partial charge in [0.25, 0.3) is 0 Å². The minimum absolute atomic E-state index is 0.0484. The zero-order valence-electron chi connectivity index (χ0n) is 32.8. The molecule has 5 aromatic carbocycles. The second kappa shape index (κ2) is 13.5. The van der Waals surface area contributed by atoms with Gasteiger partial charge in [-0.1, -0.05) is 123 Å². The summed E-state index contributed by atoms with van der Waals surface area (Å²) in [6.07, 6.45) is 1.63. The van der Waals surface area contributed by atoms with Crippen molar-refractivity contribution in [3.8, 4) is 62.4 Å². The standard InChI is InChI=1S/C49H48N4O/c1-47(2,3)36-26-33(27-37(28-36)48(4,5)6)32-23-34(25-35(24-32)42-22-21-31(29-50)30-51-42)39-17-14-20-43-44(39)52-46(53(43)38-15-11-10-12-16-38)40-18-13-19-41(45(40)54)49(7,8)9/h10-28,30,54H,1-9H3. The molecule has 0 spiro atoms. The fourth-order valence-electron chi connectivity index (χ4n) is 7.07. The Morgan fingerprint density at radius 2 is 1.20 bits per heavy atom. The van der Waals surface area contributed by atoms with Crippen LogP contribution in [0.25, 0.3) is 61.6 Å². The summed E-state index contributed by atoms with van der Waals surface area (Å²) >= 11 is 0. The maximum Gasteiger partial charge on any atom is 0.149 e. The monoisotopic (exact) mass is 708 g/mol. The average molecular weight is 709 g/mol. The van der Waals surface area contributed by atoms with Crippen LogP contribution >= 0.6 is 0 Å². The molecule has 1 N–H and O–H groups in total. The molecule has 0 amide bonds. The maximum absolute atomic E-state index is 11.8. The van der Waals surface area contributed by atoms with E-state index in [1.54, 1.807) is 6.20 Å². The van der Waals surface area contributed by atoms with Crippen molar-refractivity contribution in [3.05, 3.63) is 144 Å². The smallest absolute Gasteiger partial charge is 0.149 e. The van der Waals surface area contributed by atoms with Crippen LogP contribution in [0.2, 0.25) is 0 Å². The Balaban J connectivity index is 1.53. The van der Waals surface area contributed by atoms with E-state index < -0.39 is 0 Å². The molecule has 54 heavy (non-hydrogen) atoms. The summed E-state index contributed by atoms with van der Waals surface area (Å²) in [6, 6.07) is 42.0. The minimum Gasteiger partial charge on any atom is -0.507 e. The fourth-order valence-corrected chi connectivity index (χ4v) is 7.07. The largest absolute Gasteiger partial charge is 0.507 e. The average Bonchev–Trinajstić information content (AvgIpc) is 3.53. The highest BCUT2D eigenvalue weighted by Gasteiger charge is 2.26. The van der Waals surface area contributed by atoms with Crippen LogP contribution in [-0.4, -0.2) is 19.6 Å². The number of phenolic OH excluding ortho intramolecular Hbond substituents is 1. The van der Waals surface area contributed by atoms with Crippen LogP contribution < -0.4 is 0 Å². The summed E-state index contributed by atoms with van der Waals surface area (Å²) in [5, 5.41) is 21.3. The van der Waals surface area contributed by atoms with Crippen molar-refractivity contribution in [2.75, 3.05) is 0 Å². The molecule has 0 aliphatic carbocycles. The van der Waals surface area contributed by atoms with Crippen LogP contribution in [0.1, 0.15) is 84.6 Å². The van der Waals surface area contributed by atoms with Crippen molar-refractivity contribution < 1.29 is 5.11 Å². The van der Waals surface area contributed by atoms with Gasteiger partial charge in [0.15, 0.2) is 0 Å². The highest BCUT2D eigenvalue weighted by atomic mass is 16.3. The number of nitriles is 1. The summed E-state index contributed by atoms with van der Waals surface area (Å²) in [5.74, 6) is 0.911. The number of nitrogens with zero attached hydrogens (tertiary/aromatic N) is 4. The van der Waals surface area contributed by atoms with Gasteiger partial charge in [0, 0.05) is 23.0 Å². The third-order valence-corrected chi connectivity index (χ3v) is 10.2. The van der Waals surface area contributed by atoms with Crippen LogP contribution in [-0.2, 0) is 16.2 Å². The molecule has 0 aliphatic heterocycles. The lowest BCUT2D eigenvalue weighted by molar-refractivity contribution is 0.448. The Morgan fingerprint density at radius 3 is 1.81 bits per heavy atom. The van der Waals surface area contributed by atoms with Gasteiger partial charge in [-0.2, -0.15) is 5.26 Å². The van der Waals surface area contributed by atoms with Crippen molar-refractivity contribution in [1.29, 1.82) is 5.26 Å². The summed E-state index contributed by atoms with van der Waals surface area (Å²) in [7, 11) is 0. The van der Waals surface area contributed by atoms with Gasteiger partial charge in [-0.25, -0.2) is 4.98 Å². The quantitative estimate of drug-likeness (QED) is 0.193. The second-order valence-corrected chi connectivity index (χ2v) is 17.4. The Labute approximate surface area is 319 Å². The number of fused-ring (bicyclic) bond motifs is 1. The van der Waals surface area contributed by atoms with Crippen molar-refractivity contribution in [2.45, 2.75) is 78.6 Å². The topological polar surface area (TPSA) is 74.7 Å². The van der Waals surface area contributed by atoms with E-state index in [0.717, 1.165) is 55.8 Å². The number of benzene rings is 5. The minimum atomic E-state index is -0.262. The van der Waals surface area contributed by atoms with E-state index >= 15 is 0 Å². The van der Waals surface area contributed by atoms with E-state index in [1.165, 1.54) is 11.1 Å². The van der Waals surface area contributed by atoms with Gasteiger partial charge in [-0.15, -0.1) is 0 Å². The Morgan fingerprint density at radius 1 is 0.593 bits per heavy atom. The van der Waals surface area contributed by atoms with Gasteiger partial charge >= 0.3 is 0 Å². The van der Waals surface area contributed by atoms with Gasteiger partial charge in [0.05, 0.1) is 27.9 Å². The molecule has 0 unspecified atom stereocenters. The number of rotatable bonds is 5. The van der Waals surface area contributed by atoms with E-state index in [-0.39, 0.29) is 22.0 Å². The van der Waals surface area contributed by atoms with E-state index in [4.69, 9.17) is 9.97 Å². The van der Waals surface area contributed by atoms with Crippen LogP contribution in [0.5, 0.6) is 5.75 Å². The molecule has 0 saturated heterocycles. The fraction of sp³-hybridized carbons (Fsp3) is 0.245. The molecule has 0 radical (unpaired) electrons. The molecule has 0 fully saturated rings. The zero-order valence-corrected chi connectivity index (χ0v) is 32.8. The molecule has 7 rings (SSSR count). The molecule has 0 saturated carbocycles. The lowest BCUT2D eigenvalue weighted by Crippen LogP contribution is -2.16. The number of para-hydroxylation sites is 3. The van der Waals surface area contributed by atoms with Crippen molar-refractivity contribution in [2.24, 2.45) is 0 Å². The van der Waals surface area contributed by atoms with Gasteiger partial charge < -0.3 is 5.11 Å². The predicted octanol–water partition coefficient (Wildman–Crippen LogP) is 12.6. The van der Waals surface area contributed by atoms with E-state index in [1.807, 2.05) is 48.5 Å². The first kappa shape index (κ1) is 36.4. The summed E-state index contributed by atoms with van der Waals surface area (Å²) < 4.78 is 2.15. The molecule has 270 valence electrons.